The number of nitrogens with zero attached hydrogens (tertiary/aromatic N) is 1. The van der Waals surface area contributed by atoms with Gasteiger partial charge in [0.2, 0.25) is 0 Å². The number of sulfone groups is 1. The Morgan fingerprint density at radius 2 is 1.88 bits per heavy atom. The maximum Gasteiger partial charge on any atom is 0.254 e. The zero-order valence-corrected chi connectivity index (χ0v) is 15.4. The smallest absolute Gasteiger partial charge is 0.254 e. The highest BCUT2D eigenvalue weighted by atomic mass is 32.2. The standard InChI is InChI=1S/C18H20FNO4S/c1-12-5-7-14(25(4,22)23)10-15(12)18(21)20(2)11-13-6-8-17(24-3)16(19)9-13/h5-10H,11H2,1-4H3. The molecule has 0 saturated heterocycles. The molecule has 0 heterocycles. The Balaban J connectivity index is 2.27. The summed E-state index contributed by atoms with van der Waals surface area (Å²) in [6.45, 7) is 1.92. The van der Waals surface area contributed by atoms with Crippen molar-refractivity contribution in [3.63, 3.8) is 0 Å². The molecule has 1 amide bonds. The first-order valence-electron chi connectivity index (χ1n) is 7.52. The number of hydrogen-bond acceptors (Lipinski definition) is 4. The molecule has 0 bridgehead atoms. The van der Waals surface area contributed by atoms with Crippen molar-refractivity contribution in [2.24, 2.45) is 0 Å². The van der Waals surface area contributed by atoms with Crippen molar-refractivity contribution < 1.29 is 22.3 Å². The van der Waals surface area contributed by atoms with E-state index in [1.807, 2.05) is 0 Å². The molecule has 0 radical (unpaired) electrons. The van der Waals surface area contributed by atoms with Crippen molar-refractivity contribution in [3.8, 4) is 5.75 Å². The SMILES string of the molecule is COc1ccc(CN(C)C(=O)c2cc(S(C)(=O)=O)ccc2C)cc1F. The molecule has 134 valence electrons. The van der Waals surface area contributed by atoms with E-state index in [0.29, 0.717) is 16.7 Å². The Kier molecular flexibility index (Phi) is 5.47. The first-order chi connectivity index (χ1) is 11.6. The third kappa shape index (κ3) is 4.36. The van der Waals surface area contributed by atoms with Crippen LogP contribution in [0.2, 0.25) is 0 Å². The molecule has 0 aliphatic heterocycles. The summed E-state index contributed by atoms with van der Waals surface area (Å²) in [4.78, 5) is 14.2. The number of halogens is 1. The van der Waals surface area contributed by atoms with E-state index in [1.54, 1.807) is 26.1 Å². The molecule has 5 nitrogen and oxygen atoms in total. The normalized spacial score (nSPS) is 11.2. The van der Waals surface area contributed by atoms with Crippen LogP contribution in [0.3, 0.4) is 0 Å². The lowest BCUT2D eigenvalue weighted by atomic mass is 10.1. The summed E-state index contributed by atoms with van der Waals surface area (Å²) in [6.07, 6.45) is 1.09. The van der Waals surface area contributed by atoms with Crippen molar-refractivity contribution in [3.05, 3.63) is 58.9 Å². The molecule has 2 rings (SSSR count). The third-order valence-electron chi connectivity index (χ3n) is 3.85. The van der Waals surface area contributed by atoms with Crippen molar-refractivity contribution in [2.45, 2.75) is 18.4 Å². The predicted octanol–water partition coefficient (Wildman–Crippen LogP) is 2.82. The van der Waals surface area contributed by atoms with Crippen LogP contribution in [-0.2, 0) is 16.4 Å². The number of methoxy groups -OCH3 is 1. The molecule has 0 fully saturated rings. The molecular formula is C18H20FNO4S. The third-order valence-corrected chi connectivity index (χ3v) is 4.96. The Labute approximate surface area is 147 Å². The lowest BCUT2D eigenvalue weighted by Gasteiger charge is -2.19. The van der Waals surface area contributed by atoms with Crippen molar-refractivity contribution in [1.82, 2.24) is 4.90 Å². The summed E-state index contributed by atoms with van der Waals surface area (Å²) in [6, 6.07) is 8.93. The molecule has 2 aromatic carbocycles. The van der Waals surface area contributed by atoms with Gasteiger partial charge in [0.25, 0.3) is 5.91 Å². The van der Waals surface area contributed by atoms with Gasteiger partial charge in [-0.2, -0.15) is 0 Å². The molecule has 0 aliphatic carbocycles. The number of carbonyl (C=O) groups excluding carboxylic acids is 1. The Morgan fingerprint density at radius 1 is 1.20 bits per heavy atom. The summed E-state index contributed by atoms with van der Waals surface area (Å²) >= 11 is 0. The molecule has 0 aliphatic rings. The Bertz CT molecular complexity index is 909. The fraction of sp³-hybridized carbons (Fsp3) is 0.278. The first kappa shape index (κ1) is 18.9. The van der Waals surface area contributed by atoms with Gasteiger partial charge in [-0.1, -0.05) is 12.1 Å². The molecule has 0 aromatic heterocycles. The van der Waals surface area contributed by atoms with Crippen molar-refractivity contribution >= 4 is 15.7 Å². The van der Waals surface area contributed by atoms with E-state index in [4.69, 9.17) is 4.74 Å². The highest BCUT2D eigenvalue weighted by molar-refractivity contribution is 7.90. The molecular weight excluding hydrogens is 345 g/mol. The molecule has 0 atom stereocenters. The van der Waals surface area contributed by atoms with E-state index in [-0.39, 0.29) is 23.1 Å². The van der Waals surface area contributed by atoms with Crippen molar-refractivity contribution in [2.75, 3.05) is 20.4 Å². The fourth-order valence-electron chi connectivity index (χ4n) is 2.42. The quantitative estimate of drug-likeness (QED) is 0.817. The van der Waals surface area contributed by atoms with Crippen molar-refractivity contribution in [1.29, 1.82) is 0 Å². The largest absolute Gasteiger partial charge is 0.494 e. The predicted molar refractivity (Wildman–Crippen MR) is 93.0 cm³/mol. The van der Waals surface area contributed by atoms with Crippen LogP contribution in [0, 0.1) is 12.7 Å². The zero-order chi connectivity index (χ0) is 18.8. The summed E-state index contributed by atoms with van der Waals surface area (Å²) in [5.74, 6) is -0.704. The highest BCUT2D eigenvalue weighted by Crippen LogP contribution is 2.20. The van der Waals surface area contributed by atoms with E-state index in [1.165, 1.54) is 36.3 Å². The zero-order valence-electron chi connectivity index (χ0n) is 14.5. The molecule has 0 unspecified atom stereocenters. The van der Waals surface area contributed by atoms with E-state index >= 15 is 0 Å². The van der Waals surface area contributed by atoms with E-state index in [0.717, 1.165) is 6.26 Å². The number of hydrogen-bond donors (Lipinski definition) is 0. The number of aryl methyl sites for hydroxylation is 1. The number of benzene rings is 2. The molecule has 0 spiro atoms. The maximum atomic E-state index is 13.8. The van der Waals surface area contributed by atoms with Crippen LogP contribution in [-0.4, -0.2) is 39.6 Å². The molecule has 2 aromatic rings. The van der Waals surface area contributed by atoms with Crippen LogP contribution < -0.4 is 4.74 Å². The van der Waals surface area contributed by atoms with Gasteiger partial charge in [-0.3, -0.25) is 4.79 Å². The number of amides is 1. The summed E-state index contributed by atoms with van der Waals surface area (Å²) < 4.78 is 42.0. The van der Waals surface area contributed by atoms with Crippen LogP contribution in [0.5, 0.6) is 5.75 Å². The fourth-order valence-corrected chi connectivity index (χ4v) is 3.07. The molecule has 0 saturated carbocycles. The average Bonchev–Trinajstić information content (AvgIpc) is 2.53. The molecule has 0 N–H and O–H groups in total. The van der Waals surface area contributed by atoms with Gasteiger partial charge < -0.3 is 9.64 Å². The van der Waals surface area contributed by atoms with Crippen LogP contribution >= 0.6 is 0 Å². The summed E-state index contributed by atoms with van der Waals surface area (Å²) in [7, 11) is -0.447. The first-order valence-corrected chi connectivity index (χ1v) is 9.41. The van der Waals surface area contributed by atoms with E-state index in [2.05, 4.69) is 0 Å². The minimum atomic E-state index is -3.41. The summed E-state index contributed by atoms with van der Waals surface area (Å²) in [5, 5.41) is 0. The Hall–Kier alpha value is -2.41. The van der Waals surface area contributed by atoms with Crippen LogP contribution in [0.25, 0.3) is 0 Å². The second-order valence-corrected chi connectivity index (χ2v) is 7.89. The number of carbonyl (C=O) groups is 1. The van der Waals surface area contributed by atoms with Crippen LogP contribution in [0.4, 0.5) is 4.39 Å². The minimum Gasteiger partial charge on any atom is -0.494 e. The highest BCUT2D eigenvalue weighted by Gasteiger charge is 2.18. The van der Waals surface area contributed by atoms with E-state index < -0.39 is 15.7 Å². The van der Waals surface area contributed by atoms with E-state index in [9.17, 15) is 17.6 Å². The van der Waals surface area contributed by atoms with Gasteiger partial charge in [0.15, 0.2) is 21.4 Å². The van der Waals surface area contributed by atoms with Gasteiger partial charge in [0.05, 0.1) is 12.0 Å². The maximum absolute atomic E-state index is 13.8. The second kappa shape index (κ2) is 7.23. The number of ether oxygens (including phenoxy) is 1. The minimum absolute atomic E-state index is 0.0883. The van der Waals surface area contributed by atoms with Crippen LogP contribution in [0.1, 0.15) is 21.5 Å². The van der Waals surface area contributed by atoms with Gasteiger partial charge in [-0.05, 0) is 42.3 Å². The van der Waals surface area contributed by atoms with Gasteiger partial charge in [0, 0.05) is 25.4 Å². The second-order valence-electron chi connectivity index (χ2n) is 5.88. The molecule has 25 heavy (non-hydrogen) atoms. The number of rotatable bonds is 5. The van der Waals surface area contributed by atoms with Gasteiger partial charge in [-0.15, -0.1) is 0 Å². The van der Waals surface area contributed by atoms with Gasteiger partial charge in [-0.25, -0.2) is 12.8 Å². The van der Waals surface area contributed by atoms with Gasteiger partial charge >= 0.3 is 0 Å². The lowest BCUT2D eigenvalue weighted by Crippen LogP contribution is -2.27. The Morgan fingerprint density at radius 3 is 2.44 bits per heavy atom. The summed E-state index contributed by atoms with van der Waals surface area (Å²) in [5.41, 5.74) is 1.58. The monoisotopic (exact) mass is 365 g/mol. The average molecular weight is 365 g/mol. The lowest BCUT2D eigenvalue weighted by molar-refractivity contribution is 0.0784. The topological polar surface area (TPSA) is 63.7 Å². The molecule has 7 heteroatoms. The van der Waals surface area contributed by atoms with Gasteiger partial charge in [0.1, 0.15) is 0 Å². The van der Waals surface area contributed by atoms with Crippen LogP contribution in [0.15, 0.2) is 41.3 Å².